The van der Waals surface area contributed by atoms with Gasteiger partial charge in [0.15, 0.2) is 0 Å². The molecule has 1 saturated carbocycles. The van der Waals surface area contributed by atoms with E-state index in [0.717, 1.165) is 29.7 Å². The minimum absolute atomic E-state index is 0.102. The van der Waals surface area contributed by atoms with Crippen molar-refractivity contribution in [1.82, 2.24) is 4.90 Å². The molecule has 31 heavy (non-hydrogen) atoms. The van der Waals surface area contributed by atoms with Crippen LogP contribution in [0, 0.1) is 24.0 Å². The molecule has 0 heterocycles. The van der Waals surface area contributed by atoms with Crippen LogP contribution in [-0.2, 0) is 9.59 Å². The van der Waals surface area contributed by atoms with Crippen LogP contribution in [0.15, 0.2) is 36.4 Å². The molecule has 0 aromatic heterocycles. The lowest BCUT2D eigenvalue weighted by molar-refractivity contribution is -0.383. The number of nitro benzene ring substituents is 1. The van der Waals surface area contributed by atoms with Crippen LogP contribution in [0.5, 0.6) is 0 Å². The number of nitrogens with one attached hydrogen (secondary N) is 2. The zero-order chi connectivity index (χ0) is 22.5. The van der Waals surface area contributed by atoms with Gasteiger partial charge in [0, 0.05) is 35.8 Å². The molecule has 0 bridgehead atoms. The quantitative estimate of drug-likeness (QED) is 0.443. The lowest BCUT2D eigenvalue weighted by Gasteiger charge is -2.22. The van der Waals surface area contributed by atoms with Gasteiger partial charge in [-0.25, -0.2) is 0 Å². The van der Waals surface area contributed by atoms with E-state index in [2.05, 4.69) is 10.6 Å². The third kappa shape index (κ3) is 6.26. The van der Waals surface area contributed by atoms with Crippen molar-refractivity contribution in [2.45, 2.75) is 39.2 Å². The van der Waals surface area contributed by atoms with Gasteiger partial charge < -0.3 is 10.6 Å². The number of nitro groups is 1. The van der Waals surface area contributed by atoms with Crippen molar-refractivity contribution in [3.05, 3.63) is 62.7 Å². The van der Waals surface area contributed by atoms with Crippen LogP contribution in [-0.4, -0.2) is 40.8 Å². The van der Waals surface area contributed by atoms with Crippen molar-refractivity contribution in [3.8, 4) is 0 Å². The molecule has 1 aliphatic carbocycles. The van der Waals surface area contributed by atoms with Gasteiger partial charge >= 0.3 is 0 Å². The Morgan fingerprint density at radius 2 is 1.81 bits per heavy atom. The molecule has 0 aliphatic heterocycles. The van der Waals surface area contributed by atoms with Crippen molar-refractivity contribution >= 4 is 40.5 Å². The normalized spacial score (nSPS) is 13.2. The standard InChI is InChI=1S/C22H25ClN4O4/c1-14-4-3-5-15(2)22(14)25-21(29)13-26(17-7-8-17)11-10-20(28)24-18-9-6-16(23)12-19(18)27(30)31/h3-6,9,12,17H,7-8,10-11,13H2,1-2H3,(H,24,28)(H,25,29). The molecule has 0 radical (unpaired) electrons. The summed E-state index contributed by atoms with van der Waals surface area (Å²) in [7, 11) is 0. The number of carbonyl (C=O) groups is 2. The zero-order valence-corrected chi connectivity index (χ0v) is 18.2. The van der Waals surface area contributed by atoms with Crippen LogP contribution in [0.25, 0.3) is 0 Å². The molecule has 164 valence electrons. The predicted octanol–water partition coefficient (Wildman–Crippen LogP) is 4.30. The van der Waals surface area contributed by atoms with Crippen molar-refractivity contribution in [3.63, 3.8) is 0 Å². The van der Waals surface area contributed by atoms with E-state index in [4.69, 9.17) is 11.6 Å². The molecule has 1 fully saturated rings. The van der Waals surface area contributed by atoms with E-state index in [0.29, 0.717) is 6.54 Å². The Morgan fingerprint density at radius 3 is 2.42 bits per heavy atom. The first-order valence-corrected chi connectivity index (χ1v) is 10.5. The van der Waals surface area contributed by atoms with Crippen LogP contribution in [0.2, 0.25) is 5.02 Å². The van der Waals surface area contributed by atoms with Gasteiger partial charge in [-0.15, -0.1) is 0 Å². The first-order valence-electron chi connectivity index (χ1n) is 10.1. The smallest absolute Gasteiger partial charge is 0.294 e. The molecule has 0 unspecified atom stereocenters. The molecule has 2 aromatic rings. The van der Waals surface area contributed by atoms with Gasteiger partial charge in [0.05, 0.1) is 11.5 Å². The number of hydrogen-bond donors (Lipinski definition) is 2. The highest BCUT2D eigenvalue weighted by molar-refractivity contribution is 6.31. The van der Waals surface area contributed by atoms with Gasteiger partial charge in [0.25, 0.3) is 5.69 Å². The van der Waals surface area contributed by atoms with Gasteiger partial charge in [-0.3, -0.25) is 24.6 Å². The summed E-state index contributed by atoms with van der Waals surface area (Å²) in [6.07, 6.45) is 2.09. The zero-order valence-electron chi connectivity index (χ0n) is 17.5. The SMILES string of the molecule is Cc1cccc(C)c1NC(=O)CN(CCC(=O)Nc1ccc(Cl)cc1[N+](=O)[O-])C1CC1. The first-order chi connectivity index (χ1) is 14.7. The fourth-order valence-electron chi connectivity index (χ4n) is 3.42. The van der Waals surface area contributed by atoms with Crippen molar-refractivity contribution in [1.29, 1.82) is 0 Å². The third-order valence-corrected chi connectivity index (χ3v) is 5.45. The molecule has 3 rings (SSSR count). The maximum absolute atomic E-state index is 12.6. The number of carbonyl (C=O) groups excluding carboxylic acids is 2. The van der Waals surface area contributed by atoms with Crippen LogP contribution in [0.3, 0.4) is 0 Å². The number of anilines is 2. The second kappa shape index (κ2) is 9.89. The van der Waals surface area contributed by atoms with Crippen LogP contribution in [0.4, 0.5) is 17.1 Å². The average Bonchev–Trinajstić information content (AvgIpc) is 3.54. The van der Waals surface area contributed by atoms with E-state index in [1.165, 1.54) is 18.2 Å². The Morgan fingerprint density at radius 1 is 1.13 bits per heavy atom. The molecule has 0 saturated heterocycles. The van der Waals surface area contributed by atoms with E-state index in [1.54, 1.807) is 0 Å². The second-order valence-electron chi connectivity index (χ2n) is 7.73. The Balaban J connectivity index is 1.57. The maximum atomic E-state index is 12.6. The minimum atomic E-state index is -0.587. The largest absolute Gasteiger partial charge is 0.324 e. The fourth-order valence-corrected chi connectivity index (χ4v) is 3.59. The number of rotatable bonds is 9. The topological polar surface area (TPSA) is 105 Å². The monoisotopic (exact) mass is 444 g/mol. The van der Waals surface area contributed by atoms with Crippen molar-refractivity contribution in [2.24, 2.45) is 0 Å². The second-order valence-corrected chi connectivity index (χ2v) is 8.17. The van der Waals surface area contributed by atoms with E-state index < -0.39 is 4.92 Å². The molecule has 2 N–H and O–H groups in total. The lowest BCUT2D eigenvalue weighted by atomic mass is 10.1. The Kier molecular flexibility index (Phi) is 7.25. The summed E-state index contributed by atoms with van der Waals surface area (Å²) < 4.78 is 0. The molecule has 9 heteroatoms. The van der Waals surface area contributed by atoms with E-state index >= 15 is 0 Å². The maximum Gasteiger partial charge on any atom is 0.294 e. The summed E-state index contributed by atoms with van der Waals surface area (Å²) in [4.78, 5) is 37.6. The molecule has 0 atom stereocenters. The number of para-hydroxylation sites is 1. The van der Waals surface area contributed by atoms with Gasteiger partial charge in [-0.05, 0) is 49.9 Å². The summed E-state index contributed by atoms with van der Waals surface area (Å²) in [5.74, 6) is -0.482. The third-order valence-electron chi connectivity index (χ3n) is 5.21. The molecule has 0 spiro atoms. The summed E-state index contributed by atoms with van der Waals surface area (Å²) in [5, 5.41) is 17.0. The summed E-state index contributed by atoms with van der Waals surface area (Å²) in [6.45, 7) is 4.47. The summed E-state index contributed by atoms with van der Waals surface area (Å²) in [6, 6.07) is 10.2. The van der Waals surface area contributed by atoms with Crippen LogP contribution in [0.1, 0.15) is 30.4 Å². The number of aryl methyl sites for hydroxylation is 2. The van der Waals surface area contributed by atoms with Gasteiger partial charge in [-0.2, -0.15) is 0 Å². The highest BCUT2D eigenvalue weighted by Crippen LogP contribution is 2.29. The number of amides is 2. The number of halogens is 1. The predicted molar refractivity (Wildman–Crippen MR) is 120 cm³/mol. The number of nitrogens with zero attached hydrogens (tertiary/aromatic N) is 2. The van der Waals surface area contributed by atoms with Gasteiger partial charge in [-0.1, -0.05) is 29.8 Å². The molecule has 2 aromatic carbocycles. The molecule has 2 amide bonds. The van der Waals surface area contributed by atoms with Crippen molar-refractivity contribution in [2.75, 3.05) is 23.7 Å². The summed E-state index contributed by atoms with van der Waals surface area (Å²) in [5.41, 5.74) is 2.65. The first kappa shape index (κ1) is 22.7. The highest BCUT2D eigenvalue weighted by Gasteiger charge is 2.30. The van der Waals surface area contributed by atoms with Crippen LogP contribution < -0.4 is 10.6 Å². The number of benzene rings is 2. The lowest BCUT2D eigenvalue weighted by Crippen LogP contribution is -2.37. The van der Waals surface area contributed by atoms with Gasteiger partial charge in [0.1, 0.15) is 5.69 Å². The highest BCUT2D eigenvalue weighted by atomic mass is 35.5. The Hall–Kier alpha value is -2.97. The molecule has 8 nitrogen and oxygen atoms in total. The van der Waals surface area contributed by atoms with Crippen molar-refractivity contribution < 1.29 is 14.5 Å². The summed E-state index contributed by atoms with van der Waals surface area (Å²) >= 11 is 5.81. The van der Waals surface area contributed by atoms with Crippen LogP contribution >= 0.6 is 11.6 Å². The Bertz CT molecular complexity index is 987. The number of hydrogen-bond acceptors (Lipinski definition) is 5. The van der Waals surface area contributed by atoms with E-state index in [1.807, 2.05) is 36.9 Å². The van der Waals surface area contributed by atoms with E-state index in [-0.39, 0.29) is 47.2 Å². The van der Waals surface area contributed by atoms with E-state index in [9.17, 15) is 19.7 Å². The molecular weight excluding hydrogens is 420 g/mol. The Labute approximate surface area is 185 Å². The molecule has 1 aliphatic rings. The van der Waals surface area contributed by atoms with Gasteiger partial charge in [0.2, 0.25) is 11.8 Å². The molecular formula is C22H25ClN4O4. The minimum Gasteiger partial charge on any atom is -0.324 e. The average molecular weight is 445 g/mol. The fraction of sp³-hybridized carbons (Fsp3) is 0.364.